The third kappa shape index (κ3) is 6.41. The van der Waals surface area contributed by atoms with Crippen LogP contribution >= 0.6 is 0 Å². The number of hydrogen-bond donors (Lipinski definition) is 4. The Hall–Kier alpha value is -2.68. The smallest absolute Gasteiger partial charge is 0.318 e. The lowest BCUT2D eigenvalue weighted by molar-refractivity contribution is -0.138. The summed E-state index contributed by atoms with van der Waals surface area (Å²) in [5.41, 5.74) is 1.09. The van der Waals surface area contributed by atoms with Gasteiger partial charge in [0.05, 0.1) is 0 Å². The van der Waals surface area contributed by atoms with Gasteiger partial charge in [-0.1, -0.05) is 37.3 Å². The van der Waals surface area contributed by atoms with Crippen molar-refractivity contribution in [3.05, 3.63) is 35.9 Å². The summed E-state index contributed by atoms with van der Waals surface area (Å²) >= 11 is 0. The highest BCUT2D eigenvalue weighted by Crippen LogP contribution is 2.36. The average molecular weight is 449 g/mol. The molecule has 1 heterocycles. The molecule has 0 radical (unpaired) electrons. The number of amidine groups is 1. The Labute approximate surface area is 187 Å². The minimum Gasteiger partial charge on any atom is -0.345 e. The van der Waals surface area contributed by atoms with Gasteiger partial charge in [-0.3, -0.25) is 25.3 Å². The molecular formula is C23H32F2N5O2+. The fourth-order valence-electron chi connectivity index (χ4n) is 4.42. The lowest BCUT2D eigenvalue weighted by Gasteiger charge is -2.27. The molecule has 0 aromatic heterocycles. The van der Waals surface area contributed by atoms with E-state index in [4.69, 9.17) is 10.8 Å². The third-order valence-corrected chi connectivity index (χ3v) is 6.39. The lowest BCUT2D eigenvalue weighted by atomic mass is 9.86. The van der Waals surface area contributed by atoms with E-state index in [-0.39, 0.29) is 61.5 Å². The van der Waals surface area contributed by atoms with E-state index < -0.39 is 17.7 Å². The van der Waals surface area contributed by atoms with Gasteiger partial charge >= 0.3 is 5.91 Å². The minimum atomic E-state index is -2.70. The molecule has 0 spiro atoms. The van der Waals surface area contributed by atoms with E-state index in [1.807, 2.05) is 18.2 Å². The highest BCUT2D eigenvalue weighted by Gasteiger charge is 2.38. The zero-order valence-electron chi connectivity index (χ0n) is 18.4. The van der Waals surface area contributed by atoms with Crippen molar-refractivity contribution < 1.29 is 23.8 Å². The van der Waals surface area contributed by atoms with E-state index in [1.54, 1.807) is 0 Å². The molecule has 2 unspecified atom stereocenters. The molecule has 5 N–H and O–H groups in total. The molecular weight excluding hydrogens is 416 g/mol. The zero-order chi connectivity index (χ0) is 23.3. The molecule has 2 amide bonds. The molecule has 1 aromatic rings. The molecule has 1 aromatic carbocycles. The lowest BCUT2D eigenvalue weighted by Crippen LogP contribution is -2.57. The van der Waals surface area contributed by atoms with Crippen LogP contribution in [0.25, 0.3) is 0 Å². The summed E-state index contributed by atoms with van der Waals surface area (Å²) in [5.74, 6) is -3.96. The van der Waals surface area contributed by atoms with Gasteiger partial charge in [0.1, 0.15) is 12.4 Å². The summed E-state index contributed by atoms with van der Waals surface area (Å²) in [5, 5.41) is 19.3. The summed E-state index contributed by atoms with van der Waals surface area (Å²) in [6.07, 6.45) is -0.366. The Bertz CT molecular complexity index is 851. The molecule has 1 aliphatic carbocycles. The van der Waals surface area contributed by atoms with Crippen LogP contribution < -0.4 is 16.0 Å². The van der Waals surface area contributed by atoms with Crippen LogP contribution in [0.2, 0.25) is 0 Å². The fraction of sp³-hybridized carbons (Fsp3) is 0.565. The molecule has 1 saturated heterocycles. The Morgan fingerprint density at radius 3 is 2.50 bits per heavy atom. The average Bonchev–Trinajstić information content (AvgIpc) is 3.12. The van der Waals surface area contributed by atoms with E-state index in [9.17, 15) is 18.4 Å². The number of benzene rings is 1. The predicted molar refractivity (Wildman–Crippen MR) is 117 cm³/mol. The van der Waals surface area contributed by atoms with Crippen LogP contribution in [-0.2, 0) is 16.1 Å². The fourth-order valence-corrected chi connectivity index (χ4v) is 4.42. The second-order valence-corrected chi connectivity index (χ2v) is 9.00. The van der Waals surface area contributed by atoms with Crippen LogP contribution in [0.15, 0.2) is 30.3 Å². The van der Waals surface area contributed by atoms with E-state index in [2.05, 4.69) is 34.6 Å². The van der Waals surface area contributed by atoms with Crippen LogP contribution in [-0.4, -0.2) is 53.8 Å². The molecule has 1 aliphatic heterocycles. The van der Waals surface area contributed by atoms with Crippen LogP contribution in [0.3, 0.4) is 0 Å². The van der Waals surface area contributed by atoms with Crippen molar-refractivity contribution in [3.63, 3.8) is 0 Å². The highest BCUT2D eigenvalue weighted by atomic mass is 19.3. The standard InChI is InChI=1S/C23H31F2N5O2/c1-15-12-30(13-16-5-3-2-4-6-16)14-18(15)20(27)29-22(32)19(26)11-28-21(31)17-7-9-23(24,25)10-8-17/h2-6,15,17-18,26H,7-14H2,1H3,(H,28,31)(H2,27,29,32)/p+1. The minimum absolute atomic E-state index is 0.113. The largest absolute Gasteiger partial charge is 0.345 e. The molecule has 9 heteroatoms. The predicted octanol–water partition coefficient (Wildman–Crippen LogP) is 0.990. The van der Waals surface area contributed by atoms with Crippen molar-refractivity contribution in [1.82, 2.24) is 15.5 Å². The summed E-state index contributed by atoms with van der Waals surface area (Å²) in [4.78, 5) is 26.8. The van der Waals surface area contributed by atoms with Crippen molar-refractivity contribution >= 4 is 23.4 Å². The van der Waals surface area contributed by atoms with Gasteiger partial charge in [0.2, 0.25) is 11.8 Å². The first kappa shape index (κ1) is 24.0. The third-order valence-electron chi connectivity index (χ3n) is 6.39. The van der Waals surface area contributed by atoms with Crippen LogP contribution in [0.5, 0.6) is 0 Å². The van der Waals surface area contributed by atoms with E-state index in [0.717, 1.165) is 13.1 Å². The molecule has 3 rings (SSSR count). The number of likely N-dealkylation sites (tertiary alicyclic amines) is 1. The maximum absolute atomic E-state index is 13.2. The number of nitrogens with zero attached hydrogens (tertiary/aromatic N) is 1. The van der Waals surface area contributed by atoms with E-state index in [1.165, 1.54) is 5.56 Å². The number of nitrogens with two attached hydrogens (primary N) is 1. The van der Waals surface area contributed by atoms with Gasteiger partial charge in [-0.25, -0.2) is 8.78 Å². The summed E-state index contributed by atoms with van der Waals surface area (Å²) in [7, 11) is 0. The monoisotopic (exact) mass is 448 g/mol. The van der Waals surface area contributed by atoms with Gasteiger partial charge in [0, 0.05) is 44.3 Å². The summed E-state index contributed by atoms with van der Waals surface area (Å²) < 4.78 is 26.5. The van der Waals surface area contributed by atoms with Crippen molar-refractivity contribution in [2.75, 3.05) is 19.6 Å². The van der Waals surface area contributed by atoms with Crippen LogP contribution in [0, 0.1) is 23.2 Å². The first-order valence-corrected chi connectivity index (χ1v) is 11.1. The van der Waals surface area contributed by atoms with Gasteiger partial charge in [-0.2, -0.15) is 0 Å². The van der Waals surface area contributed by atoms with Crippen molar-refractivity contribution in [1.29, 1.82) is 5.41 Å². The van der Waals surface area contributed by atoms with Gasteiger partial charge in [0.25, 0.3) is 5.71 Å². The van der Waals surface area contributed by atoms with Crippen LogP contribution in [0.4, 0.5) is 8.78 Å². The Kier molecular flexibility index (Phi) is 7.71. The van der Waals surface area contributed by atoms with E-state index >= 15 is 0 Å². The summed E-state index contributed by atoms with van der Waals surface area (Å²) in [6.45, 7) is 4.16. The zero-order valence-corrected chi connectivity index (χ0v) is 18.4. The number of amides is 2. The molecule has 2 fully saturated rings. The van der Waals surface area contributed by atoms with Crippen molar-refractivity contribution in [3.8, 4) is 0 Å². The molecule has 32 heavy (non-hydrogen) atoms. The molecule has 174 valence electrons. The number of carbonyl (C=O) groups excluding carboxylic acids is 2. The number of alkyl halides is 2. The molecule has 0 bridgehead atoms. The molecule has 2 atom stereocenters. The summed E-state index contributed by atoms with van der Waals surface area (Å²) in [6, 6.07) is 10.1. The Morgan fingerprint density at radius 1 is 1.19 bits per heavy atom. The number of halogens is 2. The van der Waals surface area contributed by atoms with Crippen molar-refractivity contribution in [2.24, 2.45) is 17.8 Å². The Balaban J connectivity index is 1.42. The van der Waals surface area contributed by atoms with E-state index in [0.29, 0.717) is 6.54 Å². The second kappa shape index (κ2) is 10.3. The number of hydrogen-bond acceptors (Lipinski definition) is 4. The van der Waals surface area contributed by atoms with Gasteiger partial charge < -0.3 is 10.6 Å². The molecule has 1 saturated carbocycles. The first-order chi connectivity index (χ1) is 15.1. The second-order valence-electron chi connectivity index (χ2n) is 9.00. The maximum Gasteiger partial charge on any atom is 0.318 e. The highest BCUT2D eigenvalue weighted by molar-refractivity contribution is 6.39. The number of rotatable bonds is 7. The van der Waals surface area contributed by atoms with Crippen LogP contribution in [0.1, 0.15) is 38.2 Å². The topological polar surface area (TPSA) is 111 Å². The van der Waals surface area contributed by atoms with Crippen molar-refractivity contribution in [2.45, 2.75) is 45.1 Å². The molecule has 2 aliphatic rings. The van der Waals surface area contributed by atoms with Gasteiger partial charge in [-0.15, -0.1) is 0 Å². The quantitative estimate of drug-likeness (QED) is 0.369. The normalized spacial score (nSPS) is 23.5. The SMILES string of the molecule is CC1CN(Cc2ccccc2)CC1C(=N)NC(=O)C(=[NH2+])CNC(=O)C1CCC(F)(F)CC1. The van der Waals surface area contributed by atoms with Gasteiger partial charge in [-0.05, 0) is 24.3 Å². The number of nitrogens with one attached hydrogen (secondary N) is 3. The Morgan fingerprint density at radius 2 is 1.84 bits per heavy atom. The molecule has 7 nitrogen and oxygen atoms in total. The number of carbonyl (C=O) groups is 2. The first-order valence-electron chi connectivity index (χ1n) is 11.1. The van der Waals surface area contributed by atoms with Gasteiger partial charge in [0.15, 0.2) is 0 Å². The maximum atomic E-state index is 13.2.